The average molecular weight is 567 g/mol. The summed E-state index contributed by atoms with van der Waals surface area (Å²) in [6.45, 7) is 6.59. The summed E-state index contributed by atoms with van der Waals surface area (Å²) in [4.78, 5) is 36.3. The van der Waals surface area contributed by atoms with Crippen molar-refractivity contribution in [1.29, 1.82) is 0 Å². The summed E-state index contributed by atoms with van der Waals surface area (Å²) in [5, 5.41) is 4.25. The van der Waals surface area contributed by atoms with Gasteiger partial charge in [-0.1, -0.05) is 78.0 Å². The summed E-state index contributed by atoms with van der Waals surface area (Å²) in [6.07, 6.45) is 0.818. The molecule has 0 aliphatic carbocycles. The normalized spacial score (nSPS) is 13.3. The smallest absolute Gasteiger partial charge is 0.267 e. The number of para-hydroxylation sites is 1. The van der Waals surface area contributed by atoms with Crippen molar-refractivity contribution in [3.63, 3.8) is 0 Å². The van der Waals surface area contributed by atoms with Gasteiger partial charge in [-0.3, -0.25) is 19.1 Å². The lowest BCUT2D eigenvalue weighted by Crippen LogP contribution is -2.30. The van der Waals surface area contributed by atoms with Crippen LogP contribution in [0.3, 0.4) is 0 Å². The summed E-state index contributed by atoms with van der Waals surface area (Å²) in [7, 11) is 0. The van der Waals surface area contributed by atoms with Crippen LogP contribution in [0.15, 0.2) is 88.8 Å². The Morgan fingerprint density at radius 2 is 1.77 bits per heavy atom. The van der Waals surface area contributed by atoms with Crippen LogP contribution < -0.4 is 10.9 Å². The van der Waals surface area contributed by atoms with Crippen LogP contribution >= 0.6 is 23.1 Å². The Bertz CT molecular complexity index is 1750. The first-order valence-corrected chi connectivity index (χ1v) is 15.2. The molecule has 0 radical (unpaired) electrons. The molecule has 0 saturated heterocycles. The number of hydrogen-bond donors (Lipinski definition) is 1. The zero-order valence-corrected chi connectivity index (χ0v) is 24.1. The number of thiophene rings is 1. The van der Waals surface area contributed by atoms with Crippen molar-refractivity contribution in [1.82, 2.24) is 14.5 Å². The molecule has 0 saturated carbocycles. The highest BCUT2D eigenvalue weighted by atomic mass is 32.2. The molecular weight excluding hydrogens is 537 g/mol. The van der Waals surface area contributed by atoms with E-state index in [-0.39, 0.29) is 17.2 Å². The number of rotatable bonds is 7. The van der Waals surface area contributed by atoms with Gasteiger partial charge in [-0.05, 0) is 55.2 Å². The van der Waals surface area contributed by atoms with Crippen LogP contribution in [0.4, 0.5) is 5.69 Å². The second kappa shape index (κ2) is 11.4. The quantitative estimate of drug-likeness (QED) is 0.184. The first kappa shape index (κ1) is 26.5. The molecule has 8 heteroatoms. The minimum Gasteiger partial charge on any atom is -0.325 e. The van der Waals surface area contributed by atoms with E-state index in [9.17, 15) is 9.59 Å². The predicted octanol–water partition coefficient (Wildman–Crippen LogP) is 6.35. The van der Waals surface area contributed by atoms with E-state index in [1.807, 2.05) is 68.4 Å². The fraction of sp³-hybridized carbons (Fsp3) is 0.219. The van der Waals surface area contributed by atoms with E-state index in [1.54, 1.807) is 15.9 Å². The Morgan fingerprint density at radius 3 is 2.52 bits per heavy atom. The van der Waals surface area contributed by atoms with Gasteiger partial charge in [-0.15, -0.1) is 11.3 Å². The van der Waals surface area contributed by atoms with Crippen LogP contribution in [-0.2, 0) is 24.3 Å². The van der Waals surface area contributed by atoms with Crippen LogP contribution in [0.1, 0.15) is 27.1 Å². The maximum absolute atomic E-state index is 14.1. The molecule has 6 nitrogen and oxygen atoms in total. The summed E-state index contributed by atoms with van der Waals surface area (Å²) in [5.41, 5.74) is 6.06. The molecule has 0 spiro atoms. The van der Waals surface area contributed by atoms with E-state index < -0.39 is 0 Å². The van der Waals surface area contributed by atoms with E-state index in [0.717, 1.165) is 59.0 Å². The van der Waals surface area contributed by atoms with Crippen LogP contribution in [0.2, 0.25) is 0 Å². The third-order valence-corrected chi connectivity index (χ3v) is 9.22. The molecule has 0 bridgehead atoms. The maximum Gasteiger partial charge on any atom is 0.267 e. The first-order chi connectivity index (χ1) is 19.5. The van der Waals surface area contributed by atoms with Crippen molar-refractivity contribution in [2.24, 2.45) is 0 Å². The van der Waals surface area contributed by atoms with Gasteiger partial charge in [-0.2, -0.15) is 0 Å². The van der Waals surface area contributed by atoms with E-state index in [2.05, 4.69) is 34.5 Å². The Labute approximate surface area is 241 Å². The van der Waals surface area contributed by atoms with Crippen molar-refractivity contribution in [2.75, 3.05) is 17.6 Å². The number of carbonyl (C=O) groups is 1. The molecule has 1 N–H and O–H groups in total. The van der Waals surface area contributed by atoms with Gasteiger partial charge < -0.3 is 5.32 Å². The Balaban J connectivity index is 1.31. The first-order valence-electron chi connectivity index (χ1n) is 13.3. The second-order valence-electron chi connectivity index (χ2n) is 10.2. The van der Waals surface area contributed by atoms with Crippen molar-refractivity contribution < 1.29 is 4.79 Å². The van der Waals surface area contributed by atoms with Crippen LogP contribution in [0.5, 0.6) is 0 Å². The lowest BCUT2D eigenvalue weighted by Gasteiger charge is -2.26. The number of thioether (sulfide) groups is 1. The molecule has 0 fully saturated rings. The standard InChI is InChI=1S/C32H30N4O2S2/c1-21-13-14-26(22(2)17-21)33-28(37)20-39-32-34-30-29(31(38)36(32)24-11-7-4-8-12-24)25-15-16-35(19-27(25)40-30)18-23-9-5-3-6-10-23/h3-14,17H,15-16,18-20H2,1-2H3,(H,33,37). The third kappa shape index (κ3) is 5.47. The Morgan fingerprint density at radius 1 is 1.02 bits per heavy atom. The topological polar surface area (TPSA) is 67.2 Å². The lowest BCUT2D eigenvalue weighted by molar-refractivity contribution is -0.113. The molecule has 2 aromatic heterocycles. The minimum absolute atomic E-state index is 0.0671. The molecular formula is C32H30N4O2S2. The number of aromatic nitrogens is 2. The van der Waals surface area contributed by atoms with Gasteiger partial charge in [-0.25, -0.2) is 4.98 Å². The van der Waals surface area contributed by atoms with Crippen molar-refractivity contribution in [3.8, 4) is 5.69 Å². The monoisotopic (exact) mass is 566 g/mol. The van der Waals surface area contributed by atoms with Crippen molar-refractivity contribution in [3.05, 3.63) is 116 Å². The molecule has 1 aliphatic heterocycles. The van der Waals surface area contributed by atoms with Crippen molar-refractivity contribution >= 4 is 44.9 Å². The zero-order valence-electron chi connectivity index (χ0n) is 22.5. The number of carbonyl (C=O) groups excluding carboxylic acids is 1. The highest BCUT2D eigenvalue weighted by Gasteiger charge is 2.26. The summed E-state index contributed by atoms with van der Waals surface area (Å²) in [5.74, 6) is 0.0153. The van der Waals surface area contributed by atoms with Crippen LogP contribution in [0, 0.1) is 13.8 Å². The van der Waals surface area contributed by atoms with E-state index in [0.29, 0.717) is 10.5 Å². The fourth-order valence-electron chi connectivity index (χ4n) is 5.23. The van der Waals surface area contributed by atoms with Crippen LogP contribution in [0.25, 0.3) is 15.9 Å². The molecule has 1 aliphatic rings. The molecule has 3 aromatic carbocycles. The molecule has 0 atom stereocenters. The van der Waals surface area contributed by atoms with Crippen LogP contribution in [-0.4, -0.2) is 32.7 Å². The van der Waals surface area contributed by atoms with Gasteiger partial charge in [0.1, 0.15) is 4.83 Å². The fourth-order valence-corrected chi connectivity index (χ4v) is 7.34. The highest BCUT2D eigenvalue weighted by Crippen LogP contribution is 2.35. The van der Waals surface area contributed by atoms with Gasteiger partial charge in [0.2, 0.25) is 5.91 Å². The summed E-state index contributed by atoms with van der Waals surface area (Å²) >= 11 is 2.90. The van der Waals surface area contributed by atoms with Gasteiger partial charge in [0.25, 0.3) is 5.56 Å². The average Bonchev–Trinajstić information content (AvgIpc) is 3.32. The number of amides is 1. The van der Waals surface area contributed by atoms with Gasteiger partial charge in [0.15, 0.2) is 5.16 Å². The van der Waals surface area contributed by atoms with E-state index >= 15 is 0 Å². The predicted molar refractivity (Wildman–Crippen MR) is 165 cm³/mol. The molecule has 1 amide bonds. The Kier molecular flexibility index (Phi) is 7.56. The maximum atomic E-state index is 14.1. The zero-order chi connectivity index (χ0) is 27.6. The molecule has 40 heavy (non-hydrogen) atoms. The number of hydrogen-bond acceptors (Lipinski definition) is 6. The second-order valence-corrected chi connectivity index (χ2v) is 12.2. The Hall–Kier alpha value is -3.72. The summed E-state index contributed by atoms with van der Waals surface area (Å²) < 4.78 is 1.67. The highest BCUT2D eigenvalue weighted by molar-refractivity contribution is 7.99. The molecule has 202 valence electrons. The molecule has 3 heterocycles. The SMILES string of the molecule is Cc1ccc(NC(=O)CSc2nc3sc4c(c3c(=O)n2-c2ccccc2)CCN(Cc2ccccc2)C4)c(C)c1. The van der Waals surface area contributed by atoms with Crippen molar-refractivity contribution in [2.45, 2.75) is 38.5 Å². The number of nitrogens with one attached hydrogen (secondary N) is 1. The number of fused-ring (bicyclic) bond motifs is 3. The number of nitrogens with zero attached hydrogens (tertiary/aromatic N) is 3. The van der Waals surface area contributed by atoms with Gasteiger partial charge >= 0.3 is 0 Å². The summed E-state index contributed by atoms with van der Waals surface area (Å²) in [6, 6.07) is 26.0. The van der Waals surface area contributed by atoms with E-state index in [4.69, 9.17) is 4.98 Å². The molecule has 6 rings (SSSR count). The van der Waals surface area contributed by atoms with Gasteiger partial charge in [0.05, 0.1) is 16.8 Å². The number of aryl methyl sites for hydroxylation is 2. The molecule has 0 unspecified atom stereocenters. The third-order valence-electron chi connectivity index (χ3n) is 7.17. The van der Waals surface area contributed by atoms with Gasteiger partial charge in [0, 0.05) is 30.2 Å². The molecule has 5 aromatic rings. The number of anilines is 1. The minimum atomic E-state index is -0.132. The largest absolute Gasteiger partial charge is 0.325 e. The van der Waals surface area contributed by atoms with E-state index in [1.165, 1.54) is 22.2 Å². The lowest BCUT2D eigenvalue weighted by atomic mass is 10.0. The number of benzene rings is 3.